The van der Waals surface area contributed by atoms with Crippen molar-refractivity contribution in [1.29, 1.82) is 0 Å². The minimum absolute atomic E-state index is 0.0482. The molecule has 4 rings (SSSR count). The number of likely N-dealkylation sites (tertiary alicyclic amines) is 1. The van der Waals surface area contributed by atoms with Gasteiger partial charge < -0.3 is 24.5 Å². The van der Waals surface area contributed by atoms with E-state index in [4.69, 9.17) is 4.74 Å². The number of rotatable bonds is 14. The molecule has 0 aliphatic carbocycles. The summed E-state index contributed by atoms with van der Waals surface area (Å²) in [6.45, 7) is 23.6. The molecular formula is C37H55N3O5. The average Bonchev–Trinajstić information content (AvgIpc) is 3.47. The Morgan fingerprint density at radius 1 is 1.04 bits per heavy atom. The lowest BCUT2D eigenvalue weighted by Crippen LogP contribution is -2.61. The van der Waals surface area contributed by atoms with Crippen molar-refractivity contribution in [2.45, 2.75) is 103 Å². The average molecular weight is 622 g/mol. The molecule has 8 nitrogen and oxygen atoms in total. The van der Waals surface area contributed by atoms with Crippen LogP contribution in [0.1, 0.15) is 80.6 Å². The molecule has 1 spiro atoms. The third kappa shape index (κ3) is 6.25. The van der Waals surface area contributed by atoms with Crippen LogP contribution >= 0.6 is 0 Å². The van der Waals surface area contributed by atoms with Crippen LogP contribution in [0, 0.1) is 23.2 Å². The zero-order chi connectivity index (χ0) is 33.4. The summed E-state index contributed by atoms with van der Waals surface area (Å²) in [6.07, 6.45) is 6.69. The summed E-state index contributed by atoms with van der Waals surface area (Å²) in [5, 5.41) is 9.40. The zero-order valence-corrected chi connectivity index (χ0v) is 28.6. The van der Waals surface area contributed by atoms with Gasteiger partial charge in [0, 0.05) is 37.5 Å². The van der Waals surface area contributed by atoms with Crippen LogP contribution in [-0.2, 0) is 19.1 Å². The number of anilines is 1. The van der Waals surface area contributed by atoms with E-state index in [-0.39, 0.29) is 35.7 Å². The lowest BCUT2D eigenvalue weighted by Gasteiger charge is -2.45. The Balaban J connectivity index is 1.83. The number of amides is 3. The quantitative estimate of drug-likeness (QED) is 0.216. The molecule has 3 saturated heterocycles. The van der Waals surface area contributed by atoms with E-state index >= 15 is 4.79 Å². The number of hydrogen-bond donors (Lipinski definition) is 1. The lowest BCUT2D eigenvalue weighted by molar-refractivity contribution is -0.156. The summed E-state index contributed by atoms with van der Waals surface area (Å²) in [4.78, 5) is 49.7. The number of aliphatic hydroxyl groups excluding tert-OH is 1. The molecule has 0 aromatic heterocycles. The Labute approximate surface area is 270 Å². The highest BCUT2D eigenvalue weighted by atomic mass is 16.5. The number of para-hydroxylation sites is 1. The van der Waals surface area contributed by atoms with Crippen molar-refractivity contribution in [3.05, 3.63) is 55.6 Å². The van der Waals surface area contributed by atoms with Crippen molar-refractivity contribution in [3.8, 4) is 0 Å². The summed E-state index contributed by atoms with van der Waals surface area (Å²) >= 11 is 0. The summed E-state index contributed by atoms with van der Waals surface area (Å²) in [5.74, 6) is -2.13. The number of nitrogens with zero attached hydrogens (tertiary/aromatic N) is 3. The van der Waals surface area contributed by atoms with E-state index in [9.17, 15) is 14.7 Å². The van der Waals surface area contributed by atoms with Gasteiger partial charge in [0.05, 0.1) is 17.4 Å². The molecule has 3 unspecified atom stereocenters. The Kier molecular flexibility index (Phi) is 10.1. The van der Waals surface area contributed by atoms with Gasteiger partial charge in [-0.15, -0.1) is 13.2 Å². The van der Waals surface area contributed by atoms with E-state index in [1.807, 2.05) is 42.2 Å². The fraction of sp³-hybridized carbons (Fsp3) is 0.649. The minimum atomic E-state index is -1.13. The molecule has 1 aromatic carbocycles. The van der Waals surface area contributed by atoms with Crippen molar-refractivity contribution in [3.63, 3.8) is 0 Å². The Morgan fingerprint density at radius 2 is 1.69 bits per heavy atom. The fourth-order valence-corrected chi connectivity index (χ4v) is 8.74. The van der Waals surface area contributed by atoms with Gasteiger partial charge in [-0.2, -0.15) is 0 Å². The standard InChI is InChI=1S/C37H55N3O5/c1-10-20-38(27-18-14-12-15-19-27)31(42)28-29-32(43)39(22-16-13-17-23-41)30(37(29)24-26(3)36(28,9)45-37)33(44)40(21-11-2)35(7,8)25-34(4,5)6/h10-12,14-15,18-19,26,28-30,41H,1-2,13,16-17,20-25H2,3-9H3/t26?,28-,29+,30?,36+,37?/m1/s1. The van der Waals surface area contributed by atoms with Gasteiger partial charge >= 0.3 is 0 Å². The van der Waals surface area contributed by atoms with Crippen molar-refractivity contribution in [2.24, 2.45) is 23.2 Å². The molecule has 8 heteroatoms. The van der Waals surface area contributed by atoms with E-state index in [2.05, 4.69) is 54.7 Å². The maximum atomic E-state index is 15.0. The molecule has 0 radical (unpaired) electrons. The van der Waals surface area contributed by atoms with E-state index in [0.29, 0.717) is 38.9 Å². The molecular weight excluding hydrogens is 566 g/mol. The summed E-state index contributed by atoms with van der Waals surface area (Å²) in [5.41, 5.74) is -1.90. The molecule has 6 atom stereocenters. The van der Waals surface area contributed by atoms with Gasteiger partial charge in [-0.3, -0.25) is 14.4 Å². The van der Waals surface area contributed by atoms with Crippen LogP contribution < -0.4 is 4.90 Å². The molecule has 3 aliphatic heterocycles. The molecule has 1 N–H and O–H groups in total. The van der Waals surface area contributed by atoms with Crippen LogP contribution in [0.25, 0.3) is 0 Å². The second-order valence-electron chi connectivity index (χ2n) is 15.4. The number of unbranched alkanes of at least 4 members (excludes halogenated alkanes) is 2. The van der Waals surface area contributed by atoms with Crippen LogP contribution in [0.5, 0.6) is 0 Å². The van der Waals surface area contributed by atoms with E-state index < -0.39 is 34.6 Å². The van der Waals surface area contributed by atoms with Crippen LogP contribution in [0.2, 0.25) is 0 Å². The van der Waals surface area contributed by atoms with Crippen LogP contribution in [0.3, 0.4) is 0 Å². The van der Waals surface area contributed by atoms with Gasteiger partial charge in [0.1, 0.15) is 11.6 Å². The Bertz CT molecular complexity index is 1270. The van der Waals surface area contributed by atoms with E-state index in [1.54, 1.807) is 22.0 Å². The Hall–Kier alpha value is -2.97. The monoisotopic (exact) mass is 621 g/mol. The first-order valence-electron chi connectivity index (χ1n) is 16.6. The van der Waals surface area contributed by atoms with Gasteiger partial charge in [0.25, 0.3) is 0 Å². The van der Waals surface area contributed by atoms with Gasteiger partial charge in [-0.05, 0) is 76.3 Å². The largest absolute Gasteiger partial charge is 0.396 e. The molecule has 3 heterocycles. The normalized spacial score (nSPS) is 29.1. The first-order chi connectivity index (χ1) is 21.1. The highest BCUT2D eigenvalue weighted by molar-refractivity contribution is 6.03. The maximum Gasteiger partial charge on any atom is 0.249 e. The first-order valence-corrected chi connectivity index (χ1v) is 16.6. The Morgan fingerprint density at radius 3 is 2.27 bits per heavy atom. The van der Waals surface area contributed by atoms with E-state index in [0.717, 1.165) is 18.5 Å². The predicted octanol–water partition coefficient (Wildman–Crippen LogP) is 5.61. The molecule has 3 fully saturated rings. The number of benzene rings is 1. The zero-order valence-electron chi connectivity index (χ0n) is 28.6. The number of hydrogen-bond acceptors (Lipinski definition) is 5. The fourth-order valence-electron chi connectivity index (χ4n) is 8.74. The van der Waals surface area contributed by atoms with Gasteiger partial charge in [-0.1, -0.05) is 58.0 Å². The van der Waals surface area contributed by atoms with Crippen molar-refractivity contribution in [2.75, 3.05) is 31.1 Å². The minimum Gasteiger partial charge on any atom is -0.396 e. The van der Waals surface area contributed by atoms with Gasteiger partial charge in [0.2, 0.25) is 17.7 Å². The SMILES string of the molecule is C=CCN(C(=O)[C@H]1[C@H]2C(=O)N(CCCCCO)C(C(=O)N(CC=C)C(C)(C)CC(C)(C)C)C23CC(C)[C@]1(C)O3)c1ccccc1. The van der Waals surface area contributed by atoms with Gasteiger partial charge in [0.15, 0.2) is 0 Å². The number of fused-ring (bicyclic) bond motifs is 1. The van der Waals surface area contributed by atoms with Crippen LogP contribution in [-0.4, -0.2) is 81.7 Å². The van der Waals surface area contributed by atoms with E-state index in [1.165, 1.54) is 0 Å². The third-order valence-corrected chi connectivity index (χ3v) is 10.3. The molecule has 3 aliphatic rings. The van der Waals surface area contributed by atoms with Crippen molar-refractivity contribution in [1.82, 2.24) is 9.80 Å². The molecule has 3 amide bonds. The molecule has 0 saturated carbocycles. The second kappa shape index (κ2) is 13.0. The van der Waals surface area contributed by atoms with Gasteiger partial charge in [-0.25, -0.2) is 0 Å². The van der Waals surface area contributed by atoms with Crippen molar-refractivity contribution < 1.29 is 24.2 Å². The van der Waals surface area contributed by atoms with Crippen molar-refractivity contribution >= 4 is 23.4 Å². The summed E-state index contributed by atoms with van der Waals surface area (Å²) in [7, 11) is 0. The lowest BCUT2D eigenvalue weighted by atomic mass is 9.62. The van der Waals surface area contributed by atoms with Crippen LogP contribution in [0.15, 0.2) is 55.6 Å². The number of carbonyl (C=O) groups is 3. The number of carbonyl (C=O) groups excluding carboxylic acids is 3. The smallest absolute Gasteiger partial charge is 0.249 e. The first kappa shape index (κ1) is 34.9. The summed E-state index contributed by atoms with van der Waals surface area (Å²) < 4.78 is 7.04. The highest BCUT2D eigenvalue weighted by Crippen LogP contribution is 2.65. The third-order valence-electron chi connectivity index (χ3n) is 10.3. The van der Waals surface area contributed by atoms with Crippen LogP contribution in [0.4, 0.5) is 5.69 Å². The molecule has 1 aromatic rings. The number of ether oxygens (including phenoxy) is 1. The molecule has 2 bridgehead atoms. The highest BCUT2D eigenvalue weighted by Gasteiger charge is 2.80. The predicted molar refractivity (Wildman–Crippen MR) is 178 cm³/mol. The topological polar surface area (TPSA) is 90.4 Å². The second-order valence-corrected chi connectivity index (χ2v) is 15.4. The molecule has 248 valence electrons. The summed E-state index contributed by atoms with van der Waals surface area (Å²) in [6, 6.07) is 8.59. The number of aliphatic hydroxyl groups is 1. The maximum absolute atomic E-state index is 15.0. The molecule has 45 heavy (non-hydrogen) atoms.